The van der Waals surface area contributed by atoms with Crippen LogP contribution >= 0.6 is 0 Å². The van der Waals surface area contributed by atoms with Gasteiger partial charge in [0, 0.05) is 26.7 Å². The molecule has 1 aliphatic heterocycles. The van der Waals surface area contributed by atoms with Crippen LogP contribution in [0, 0.1) is 5.92 Å². The van der Waals surface area contributed by atoms with Crippen LogP contribution in [0.3, 0.4) is 0 Å². The molecular formula is C16H23F3N2O. The third kappa shape index (κ3) is 5.26. The highest BCUT2D eigenvalue weighted by Crippen LogP contribution is 2.29. The van der Waals surface area contributed by atoms with Gasteiger partial charge in [0.1, 0.15) is 0 Å². The van der Waals surface area contributed by atoms with Crippen LogP contribution < -0.4 is 5.32 Å². The highest BCUT2D eigenvalue weighted by atomic mass is 19.4. The number of alkyl halides is 3. The van der Waals surface area contributed by atoms with Crippen molar-refractivity contribution < 1.29 is 17.9 Å². The maximum absolute atomic E-state index is 12.6. The van der Waals surface area contributed by atoms with E-state index in [1.165, 1.54) is 12.1 Å². The predicted octanol–water partition coefficient (Wildman–Crippen LogP) is 2.76. The van der Waals surface area contributed by atoms with Crippen LogP contribution in [0.5, 0.6) is 0 Å². The van der Waals surface area contributed by atoms with E-state index >= 15 is 0 Å². The third-order valence-corrected chi connectivity index (χ3v) is 4.00. The number of ether oxygens (including phenoxy) is 1. The van der Waals surface area contributed by atoms with Crippen molar-refractivity contribution in [1.29, 1.82) is 0 Å². The van der Waals surface area contributed by atoms with Gasteiger partial charge in [0.2, 0.25) is 0 Å². The van der Waals surface area contributed by atoms with Gasteiger partial charge in [0.05, 0.1) is 12.2 Å². The van der Waals surface area contributed by atoms with E-state index in [1.807, 2.05) is 0 Å². The zero-order valence-electron chi connectivity index (χ0n) is 12.8. The molecule has 1 saturated heterocycles. The normalized spacial score (nSPS) is 19.7. The van der Waals surface area contributed by atoms with E-state index in [0.717, 1.165) is 45.3 Å². The quantitative estimate of drug-likeness (QED) is 0.837. The van der Waals surface area contributed by atoms with Crippen molar-refractivity contribution in [3.63, 3.8) is 0 Å². The Bertz CT molecular complexity index is 465. The summed E-state index contributed by atoms with van der Waals surface area (Å²) in [6, 6.07) is 5.50. The van der Waals surface area contributed by atoms with Crippen LogP contribution in [-0.4, -0.2) is 44.8 Å². The Morgan fingerprint density at radius 2 is 2.18 bits per heavy atom. The summed E-state index contributed by atoms with van der Waals surface area (Å²) in [5, 5.41) is 3.27. The van der Waals surface area contributed by atoms with Gasteiger partial charge in [-0.3, -0.25) is 0 Å². The minimum absolute atomic E-state index is 0.471. The molecule has 0 bridgehead atoms. The van der Waals surface area contributed by atoms with Gasteiger partial charge in [-0.2, -0.15) is 13.2 Å². The lowest BCUT2D eigenvalue weighted by atomic mass is 10.1. The zero-order valence-corrected chi connectivity index (χ0v) is 12.8. The van der Waals surface area contributed by atoms with Crippen molar-refractivity contribution in [3.8, 4) is 0 Å². The molecule has 0 aliphatic carbocycles. The molecule has 1 heterocycles. The minimum Gasteiger partial charge on any atom is -0.383 e. The van der Waals surface area contributed by atoms with Crippen molar-refractivity contribution in [1.82, 2.24) is 10.2 Å². The van der Waals surface area contributed by atoms with Crippen molar-refractivity contribution >= 4 is 0 Å². The molecule has 1 unspecified atom stereocenters. The van der Waals surface area contributed by atoms with Crippen LogP contribution in [0.15, 0.2) is 24.3 Å². The second kappa shape index (κ2) is 7.94. The molecule has 2 rings (SSSR count). The van der Waals surface area contributed by atoms with E-state index in [4.69, 9.17) is 4.74 Å². The van der Waals surface area contributed by atoms with E-state index in [2.05, 4.69) is 10.2 Å². The summed E-state index contributed by atoms with van der Waals surface area (Å²) in [7, 11) is 1.70. The van der Waals surface area contributed by atoms with E-state index in [-0.39, 0.29) is 0 Å². The van der Waals surface area contributed by atoms with Crippen molar-refractivity contribution in [2.24, 2.45) is 5.92 Å². The fraction of sp³-hybridized carbons (Fsp3) is 0.625. The third-order valence-electron chi connectivity index (χ3n) is 4.00. The maximum atomic E-state index is 12.6. The van der Waals surface area contributed by atoms with Gasteiger partial charge in [-0.05, 0) is 37.1 Å². The van der Waals surface area contributed by atoms with Gasteiger partial charge in [0.15, 0.2) is 0 Å². The number of nitrogens with one attached hydrogen (secondary N) is 1. The van der Waals surface area contributed by atoms with Crippen LogP contribution in [0.25, 0.3) is 0 Å². The van der Waals surface area contributed by atoms with E-state index in [1.54, 1.807) is 13.2 Å². The Balaban J connectivity index is 1.73. The first-order valence-corrected chi connectivity index (χ1v) is 7.57. The number of rotatable bonds is 7. The number of nitrogens with zero attached hydrogens (tertiary/aromatic N) is 1. The second-order valence-corrected chi connectivity index (χ2v) is 5.78. The van der Waals surface area contributed by atoms with Gasteiger partial charge in [-0.25, -0.2) is 0 Å². The van der Waals surface area contributed by atoms with Crippen molar-refractivity contribution in [2.45, 2.75) is 19.1 Å². The van der Waals surface area contributed by atoms with E-state index in [0.29, 0.717) is 18.0 Å². The Morgan fingerprint density at radius 1 is 1.36 bits per heavy atom. The molecule has 22 heavy (non-hydrogen) atoms. The number of hydrogen-bond donors (Lipinski definition) is 1. The Morgan fingerprint density at radius 3 is 2.91 bits per heavy atom. The molecule has 1 N–H and O–H groups in total. The average molecular weight is 316 g/mol. The number of benzene rings is 1. The Labute approximate surface area is 129 Å². The van der Waals surface area contributed by atoms with Gasteiger partial charge in [-0.15, -0.1) is 0 Å². The van der Waals surface area contributed by atoms with Gasteiger partial charge >= 0.3 is 6.18 Å². The highest BCUT2D eigenvalue weighted by Gasteiger charge is 2.30. The fourth-order valence-electron chi connectivity index (χ4n) is 2.78. The molecular weight excluding hydrogens is 293 g/mol. The van der Waals surface area contributed by atoms with Gasteiger partial charge < -0.3 is 15.0 Å². The number of likely N-dealkylation sites (tertiary alicyclic amines) is 1. The summed E-state index contributed by atoms with van der Waals surface area (Å²) in [5.74, 6) is 0.558. The summed E-state index contributed by atoms with van der Waals surface area (Å²) in [5.41, 5.74) is 0.0856. The lowest BCUT2D eigenvalue weighted by molar-refractivity contribution is -0.137. The number of hydrogen-bond acceptors (Lipinski definition) is 3. The maximum Gasteiger partial charge on any atom is 0.416 e. The van der Waals surface area contributed by atoms with Crippen molar-refractivity contribution in [2.75, 3.05) is 39.9 Å². The van der Waals surface area contributed by atoms with Crippen LogP contribution in [0.2, 0.25) is 0 Å². The summed E-state index contributed by atoms with van der Waals surface area (Å²) >= 11 is 0. The first-order chi connectivity index (χ1) is 10.5. The predicted molar refractivity (Wildman–Crippen MR) is 79.6 cm³/mol. The molecule has 6 heteroatoms. The molecule has 0 spiro atoms. The molecule has 0 saturated carbocycles. The SMILES string of the molecule is COCCN1CCC(CNCc2cccc(C(F)(F)F)c2)C1. The first-order valence-electron chi connectivity index (χ1n) is 7.57. The molecule has 1 atom stereocenters. The molecule has 3 nitrogen and oxygen atoms in total. The van der Waals surface area contributed by atoms with Gasteiger partial charge in [0.25, 0.3) is 0 Å². The molecule has 0 radical (unpaired) electrons. The molecule has 1 aliphatic rings. The second-order valence-electron chi connectivity index (χ2n) is 5.78. The Kier molecular flexibility index (Phi) is 6.23. The lowest BCUT2D eigenvalue weighted by Gasteiger charge is -2.16. The summed E-state index contributed by atoms with van der Waals surface area (Å²) < 4.78 is 43.0. The fourth-order valence-corrected chi connectivity index (χ4v) is 2.78. The molecule has 1 aromatic carbocycles. The first kappa shape index (κ1) is 17.2. The van der Waals surface area contributed by atoms with Gasteiger partial charge in [-0.1, -0.05) is 18.2 Å². The zero-order chi connectivity index (χ0) is 16.0. The minimum atomic E-state index is -4.27. The Hall–Kier alpha value is -1.11. The molecule has 0 amide bonds. The number of halogens is 3. The topological polar surface area (TPSA) is 24.5 Å². The summed E-state index contributed by atoms with van der Waals surface area (Å²) in [6.07, 6.45) is -3.15. The van der Waals surface area contributed by atoms with Crippen molar-refractivity contribution in [3.05, 3.63) is 35.4 Å². The monoisotopic (exact) mass is 316 g/mol. The standard InChI is InChI=1S/C16H23F3N2O/c1-22-8-7-21-6-5-14(12-21)11-20-10-13-3-2-4-15(9-13)16(17,18)19/h2-4,9,14,20H,5-8,10-12H2,1H3. The largest absolute Gasteiger partial charge is 0.416 e. The van der Waals surface area contributed by atoms with Crippen LogP contribution in [0.4, 0.5) is 13.2 Å². The molecule has 1 aromatic rings. The smallest absolute Gasteiger partial charge is 0.383 e. The average Bonchev–Trinajstić information content (AvgIpc) is 2.92. The lowest BCUT2D eigenvalue weighted by Crippen LogP contribution is -2.28. The highest BCUT2D eigenvalue weighted by molar-refractivity contribution is 5.25. The summed E-state index contributed by atoms with van der Waals surface area (Å²) in [4.78, 5) is 2.36. The molecule has 124 valence electrons. The van der Waals surface area contributed by atoms with E-state index < -0.39 is 11.7 Å². The van der Waals surface area contributed by atoms with Crippen LogP contribution in [0.1, 0.15) is 17.5 Å². The number of methoxy groups -OCH3 is 1. The molecule has 0 aromatic heterocycles. The molecule has 1 fully saturated rings. The summed E-state index contributed by atoms with van der Waals surface area (Å²) in [6.45, 7) is 5.08. The van der Waals surface area contributed by atoms with E-state index in [9.17, 15) is 13.2 Å². The van der Waals surface area contributed by atoms with Crippen LogP contribution in [-0.2, 0) is 17.5 Å².